The van der Waals surface area contributed by atoms with Crippen LogP contribution in [0.25, 0.3) is 21.5 Å². The number of benzene rings is 8. The van der Waals surface area contributed by atoms with E-state index in [1.54, 1.807) is 109 Å². The molecule has 0 atom stereocenters. The van der Waals surface area contributed by atoms with Gasteiger partial charge in [-0.2, -0.15) is 0 Å². The maximum Gasteiger partial charge on any atom is 0.259 e. The molecule has 0 unspecified atom stereocenters. The van der Waals surface area contributed by atoms with Gasteiger partial charge in [0.2, 0.25) is 0 Å². The fourth-order valence-corrected chi connectivity index (χ4v) is 6.98. The molecule has 0 saturated carbocycles. The quantitative estimate of drug-likeness (QED) is 0.0573. The molecule has 8 aromatic carbocycles. The molecule has 0 radical (unpaired) electrons. The fraction of sp³-hybridized carbons (Fsp3) is 0.0800. The number of fused-ring (bicyclic) bond motifs is 2. The number of phenolic OH excluding ortho intramolecular Hbond substituents is 4. The minimum atomic E-state index is -0.580. The molecule has 14 nitrogen and oxygen atoms in total. The number of rotatable bonds is 10. The number of phenols is 4. The van der Waals surface area contributed by atoms with Crippen molar-refractivity contribution in [1.82, 2.24) is 0 Å². The zero-order chi connectivity index (χ0) is 47.1. The number of anilines is 2. The summed E-state index contributed by atoms with van der Waals surface area (Å²) >= 11 is 12.4. The van der Waals surface area contributed by atoms with Crippen molar-refractivity contribution in [2.24, 2.45) is 20.5 Å². The molecule has 0 fully saturated rings. The molecule has 0 heterocycles. The number of hydrogen-bond acceptors (Lipinski definition) is 12. The number of carbonyl (C=O) groups excluding carboxylic acids is 2. The first-order valence-electron chi connectivity index (χ1n) is 20.0. The Balaban J connectivity index is 0.000000218. The maximum absolute atomic E-state index is 13.1. The molecule has 8 rings (SSSR count). The Bertz CT molecular complexity index is 3030. The molecule has 17 heteroatoms. The number of methoxy groups -OCH3 is 2. The van der Waals surface area contributed by atoms with E-state index in [-0.39, 0.29) is 73.9 Å². The van der Waals surface area contributed by atoms with Gasteiger partial charge in [-0.1, -0.05) is 83.9 Å². The van der Waals surface area contributed by atoms with Crippen LogP contribution in [-0.2, 0) is 17.1 Å². The van der Waals surface area contributed by atoms with E-state index in [0.29, 0.717) is 54.5 Å². The normalized spacial score (nSPS) is 11.0. The largest absolute Gasteiger partial charge is 0.506 e. The van der Waals surface area contributed by atoms with E-state index in [1.165, 1.54) is 26.4 Å². The van der Waals surface area contributed by atoms with E-state index in [0.717, 1.165) is 11.1 Å². The summed E-state index contributed by atoms with van der Waals surface area (Å²) in [4.78, 5) is 26.1. The minimum absolute atomic E-state index is 0. The summed E-state index contributed by atoms with van der Waals surface area (Å²) in [5, 5.41) is 67.3. The van der Waals surface area contributed by atoms with Crippen LogP contribution in [0.1, 0.15) is 31.8 Å². The van der Waals surface area contributed by atoms with E-state index in [1.807, 2.05) is 26.0 Å². The van der Waals surface area contributed by atoms with Crippen molar-refractivity contribution in [1.29, 1.82) is 0 Å². The van der Waals surface area contributed by atoms with Gasteiger partial charge in [0.15, 0.2) is 11.5 Å². The first-order chi connectivity index (χ1) is 31.7. The molecule has 0 bridgehead atoms. The van der Waals surface area contributed by atoms with Gasteiger partial charge in [-0.15, -0.1) is 20.5 Å². The summed E-state index contributed by atoms with van der Waals surface area (Å²) < 4.78 is 10.4. The molecule has 0 aromatic heterocycles. The number of nitrogens with zero attached hydrogens (tertiary/aromatic N) is 4. The Morgan fingerprint density at radius 3 is 1.28 bits per heavy atom. The van der Waals surface area contributed by atoms with Crippen molar-refractivity contribution in [3.63, 3.8) is 0 Å². The summed E-state index contributed by atoms with van der Waals surface area (Å²) in [6, 6.07) is 37.0. The molecule has 8 aromatic rings. The zero-order valence-electron chi connectivity index (χ0n) is 36.0. The molecule has 0 spiro atoms. The van der Waals surface area contributed by atoms with Gasteiger partial charge in [0.05, 0.1) is 46.8 Å². The number of nitrogens with one attached hydrogen (secondary N) is 2. The number of azo groups is 2. The Kier molecular flexibility index (Phi) is 15.7. The average molecular weight is 980 g/mol. The number of halogens is 2. The van der Waals surface area contributed by atoms with Crippen molar-refractivity contribution < 1.29 is 56.6 Å². The van der Waals surface area contributed by atoms with E-state index in [4.69, 9.17) is 32.7 Å². The third-order valence-corrected chi connectivity index (χ3v) is 10.8. The molecule has 340 valence electrons. The number of aryl methyl sites for hydroxylation is 2. The van der Waals surface area contributed by atoms with Crippen molar-refractivity contribution in [3.8, 4) is 34.5 Å². The van der Waals surface area contributed by atoms with Crippen LogP contribution >= 0.6 is 23.2 Å². The number of ether oxygens (including phenoxy) is 2. The van der Waals surface area contributed by atoms with Crippen LogP contribution in [0.2, 0.25) is 10.0 Å². The second kappa shape index (κ2) is 21.5. The van der Waals surface area contributed by atoms with Gasteiger partial charge in [-0.05, 0) is 96.4 Å². The molecule has 2 amide bonds. The van der Waals surface area contributed by atoms with Crippen molar-refractivity contribution in [3.05, 3.63) is 166 Å². The van der Waals surface area contributed by atoms with Crippen molar-refractivity contribution >= 4 is 90.7 Å². The van der Waals surface area contributed by atoms with Crippen LogP contribution in [-0.4, -0.2) is 46.5 Å². The van der Waals surface area contributed by atoms with Crippen LogP contribution in [0.5, 0.6) is 34.5 Å². The van der Waals surface area contributed by atoms with E-state index >= 15 is 0 Å². The molecular weight excluding hydrogens is 939 g/mol. The molecule has 0 aliphatic heterocycles. The fourth-order valence-electron chi connectivity index (χ4n) is 6.65. The van der Waals surface area contributed by atoms with Crippen LogP contribution in [0, 0.1) is 13.8 Å². The van der Waals surface area contributed by atoms with Crippen LogP contribution < -0.4 is 20.1 Å². The van der Waals surface area contributed by atoms with Crippen LogP contribution in [0.15, 0.2) is 154 Å². The number of carbonyl (C=O) groups is 2. The summed E-state index contributed by atoms with van der Waals surface area (Å²) in [6.45, 7) is 3.72. The van der Waals surface area contributed by atoms with Crippen molar-refractivity contribution in [2.75, 3.05) is 24.9 Å². The third-order valence-electron chi connectivity index (χ3n) is 10.1. The summed E-state index contributed by atoms with van der Waals surface area (Å²) in [5.41, 5.74) is 3.14. The van der Waals surface area contributed by atoms with Gasteiger partial charge in [-0.25, -0.2) is 0 Å². The molecular formula is C50H40Cl2FeN6O8. The van der Waals surface area contributed by atoms with Gasteiger partial charge in [0, 0.05) is 40.0 Å². The first-order valence-corrected chi connectivity index (χ1v) is 20.7. The van der Waals surface area contributed by atoms with E-state index in [9.17, 15) is 30.0 Å². The molecule has 6 N–H and O–H groups in total. The Morgan fingerprint density at radius 2 is 0.896 bits per heavy atom. The third kappa shape index (κ3) is 11.2. The molecule has 0 saturated heterocycles. The van der Waals surface area contributed by atoms with Gasteiger partial charge < -0.3 is 40.5 Å². The van der Waals surface area contributed by atoms with Crippen molar-refractivity contribution in [2.45, 2.75) is 13.8 Å². The maximum atomic E-state index is 13.1. The van der Waals surface area contributed by atoms with Gasteiger partial charge in [0.25, 0.3) is 11.8 Å². The van der Waals surface area contributed by atoms with Gasteiger partial charge in [0.1, 0.15) is 45.7 Å². The Morgan fingerprint density at radius 1 is 0.507 bits per heavy atom. The number of hydrogen-bond donors (Lipinski definition) is 6. The second-order valence-corrected chi connectivity index (χ2v) is 15.5. The second-order valence-electron chi connectivity index (χ2n) is 14.7. The number of aromatic hydroxyl groups is 4. The Labute approximate surface area is 404 Å². The summed E-state index contributed by atoms with van der Waals surface area (Å²) in [5.74, 6) is -0.909. The average Bonchev–Trinajstić information content (AvgIpc) is 3.31. The monoisotopic (exact) mass is 978 g/mol. The van der Waals surface area contributed by atoms with Gasteiger partial charge >= 0.3 is 0 Å². The topological polar surface area (TPSA) is 207 Å². The van der Waals surface area contributed by atoms with Gasteiger partial charge in [-0.3, -0.25) is 9.59 Å². The SMILES string of the molecule is COc1ccc(Cl)c(NC(=O)c2cc3ccccc3c(N=Nc3cc(C)ccc3O)c2O)c1.COc1ccc(Cl)c(NC(=O)c2cc3ccccc3c(N=Nc3cc(C)ccc3O)c2O)c1.[Fe]. The standard InChI is InChI=1S/2C25H20ClN3O4.Fe/c2*1-14-7-10-22(30)21(11-14)28-29-23-17-6-4-3-5-15(17)12-18(24(23)31)25(32)27-20-13-16(33-2)8-9-19(20)26;/h2*3-13,30-31H,1-2H3,(H,27,32);. The van der Waals surface area contributed by atoms with Crippen LogP contribution in [0.3, 0.4) is 0 Å². The van der Waals surface area contributed by atoms with E-state index in [2.05, 4.69) is 31.1 Å². The molecule has 0 aliphatic carbocycles. The smallest absolute Gasteiger partial charge is 0.259 e. The Hall–Kier alpha value is -7.68. The van der Waals surface area contributed by atoms with E-state index < -0.39 is 11.8 Å². The van der Waals surface area contributed by atoms with Crippen LogP contribution in [0.4, 0.5) is 34.1 Å². The summed E-state index contributed by atoms with van der Waals surface area (Å²) in [7, 11) is 3.01. The zero-order valence-corrected chi connectivity index (χ0v) is 38.6. The minimum Gasteiger partial charge on any atom is -0.506 e. The predicted octanol–water partition coefficient (Wildman–Crippen LogP) is 13.8. The molecule has 0 aliphatic rings. The predicted molar refractivity (Wildman–Crippen MR) is 257 cm³/mol. The first kappa shape index (κ1) is 48.8. The molecule has 67 heavy (non-hydrogen) atoms. The number of amides is 2. The summed E-state index contributed by atoms with van der Waals surface area (Å²) in [6.07, 6.45) is 0.